The first-order chi connectivity index (χ1) is 16.0. The monoisotopic (exact) mass is 448 g/mol. The number of rotatable bonds is 6. The molecule has 1 fully saturated rings. The van der Waals surface area contributed by atoms with Crippen LogP contribution in [0.3, 0.4) is 0 Å². The van der Waals surface area contributed by atoms with E-state index >= 15 is 0 Å². The lowest BCUT2D eigenvalue weighted by Crippen LogP contribution is -2.52. The fourth-order valence-electron chi connectivity index (χ4n) is 3.98. The maximum atomic E-state index is 13.1. The molecule has 3 amide bonds. The summed E-state index contributed by atoms with van der Waals surface area (Å²) in [5.74, 6) is 0.162. The first-order valence-electron chi connectivity index (χ1n) is 10.7. The van der Waals surface area contributed by atoms with E-state index in [1.165, 1.54) is 24.3 Å². The zero-order valence-corrected chi connectivity index (χ0v) is 18.2. The van der Waals surface area contributed by atoms with Crippen LogP contribution in [0.25, 0.3) is 0 Å². The molecule has 1 saturated heterocycles. The number of halogens is 1. The Balaban J connectivity index is 1.52. The van der Waals surface area contributed by atoms with E-state index in [1.807, 2.05) is 42.5 Å². The van der Waals surface area contributed by atoms with Crippen molar-refractivity contribution >= 4 is 17.6 Å². The Kier molecular flexibility index (Phi) is 6.83. The number of aromatic nitrogens is 1. The summed E-state index contributed by atoms with van der Waals surface area (Å²) in [6.07, 6.45) is 1.86. The third kappa shape index (κ3) is 5.65. The number of hydrogen-bond acceptors (Lipinski definition) is 4. The second-order valence-electron chi connectivity index (χ2n) is 7.89. The lowest BCUT2D eigenvalue weighted by atomic mass is 9.85. The summed E-state index contributed by atoms with van der Waals surface area (Å²) < 4.78 is 18.4. The number of carbonyl (C=O) groups excluding carboxylic acids is 2. The van der Waals surface area contributed by atoms with E-state index in [0.717, 1.165) is 17.0 Å². The molecule has 2 atom stereocenters. The molecule has 1 unspecified atom stereocenters. The molecule has 1 aromatic heterocycles. The van der Waals surface area contributed by atoms with Gasteiger partial charge in [-0.2, -0.15) is 0 Å². The zero-order chi connectivity index (χ0) is 23.2. The minimum absolute atomic E-state index is 0.0579. The van der Waals surface area contributed by atoms with E-state index < -0.39 is 12.1 Å². The van der Waals surface area contributed by atoms with Crippen molar-refractivity contribution < 1.29 is 18.7 Å². The molecule has 0 bridgehead atoms. The average Bonchev–Trinajstić information content (AvgIpc) is 2.83. The van der Waals surface area contributed by atoms with Gasteiger partial charge in [-0.05, 0) is 54.1 Å². The Bertz CT molecular complexity index is 1090. The zero-order valence-electron chi connectivity index (χ0n) is 18.2. The maximum Gasteiger partial charge on any atom is 0.319 e. The van der Waals surface area contributed by atoms with Gasteiger partial charge in [-0.15, -0.1) is 0 Å². The van der Waals surface area contributed by atoms with Gasteiger partial charge in [0.1, 0.15) is 11.6 Å². The summed E-state index contributed by atoms with van der Waals surface area (Å²) in [4.78, 5) is 31.7. The highest BCUT2D eigenvalue weighted by Gasteiger charge is 2.36. The molecule has 8 heteroatoms. The van der Waals surface area contributed by atoms with E-state index in [0.29, 0.717) is 18.8 Å². The van der Waals surface area contributed by atoms with Gasteiger partial charge in [-0.1, -0.05) is 18.2 Å². The minimum atomic E-state index is -0.448. The highest BCUT2D eigenvalue weighted by molar-refractivity contribution is 5.90. The number of hydrogen-bond donors (Lipinski definition) is 2. The Morgan fingerprint density at radius 2 is 1.88 bits per heavy atom. The lowest BCUT2D eigenvalue weighted by Gasteiger charge is -2.38. The number of anilines is 1. The smallest absolute Gasteiger partial charge is 0.319 e. The van der Waals surface area contributed by atoms with E-state index in [-0.39, 0.29) is 24.1 Å². The van der Waals surface area contributed by atoms with Crippen molar-refractivity contribution in [2.24, 2.45) is 0 Å². The first-order valence-corrected chi connectivity index (χ1v) is 10.7. The highest BCUT2D eigenvalue weighted by atomic mass is 19.1. The number of benzene rings is 2. The van der Waals surface area contributed by atoms with Crippen molar-refractivity contribution in [3.63, 3.8) is 0 Å². The quantitative estimate of drug-likeness (QED) is 0.599. The molecule has 33 heavy (non-hydrogen) atoms. The van der Waals surface area contributed by atoms with E-state index in [1.54, 1.807) is 18.2 Å². The molecule has 1 aliphatic rings. The van der Waals surface area contributed by atoms with Gasteiger partial charge in [0.05, 0.1) is 19.3 Å². The Labute approximate surface area is 191 Å². The normalized spacial score (nSPS) is 18.0. The molecular weight excluding hydrogens is 423 g/mol. The predicted molar refractivity (Wildman–Crippen MR) is 122 cm³/mol. The number of pyridine rings is 1. The number of piperidine rings is 1. The molecule has 7 nitrogen and oxygen atoms in total. The van der Waals surface area contributed by atoms with Crippen molar-refractivity contribution in [3.8, 4) is 5.75 Å². The van der Waals surface area contributed by atoms with Crippen LogP contribution in [-0.2, 0) is 11.3 Å². The van der Waals surface area contributed by atoms with Gasteiger partial charge in [0.2, 0.25) is 5.91 Å². The molecule has 0 radical (unpaired) electrons. The molecule has 2 N–H and O–H groups in total. The maximum absolute atomic E-state index is 13.1. The fraction of sp³-hybridized carbons (Fsp3) is 0.240. The molecule has 0 aliphatic carbocycles. The summed E-state index contributed by atoms with van der Waals surface area (Å²) in [6, 6.07) is 17.9. The van der Waals surface area contributed by atoms with Gasteiger partial charge in [0.25, 0.3) is 0 Å². The van der Waals surface area contributed by atoms with Crippen LogP contribution in [0, 0.1) is 5.82 Å². The Morgan fingerprint density at radius 1 is 1.12 bits per heavy atom. The minimum Gasteiger partial charge on any atom is -0.497 e. The lowest BCUT2D eigenvalue weighted by molar-refractivity contribution is -0.135. The van der Waals surface area contributed by atoms with Crippen LogP contribution in [0.1, 0.15) is 23.6 Å². The SMILES string of the molecule is COc1ccc(C2CN(Cc3ccccn3)C(=O)C[C@H]2NC(=O)Nc2ccc(F)cc2)cc1. The largest absolute Gasteiger partial charge is 0.497 e. The number of amides is 3. The standard InChI is InChI=1S/C25H25FN4O3/c1-33-21-11-5-17(6-12-21)22-16-30(15-20-4-2-3-13-27-20)24(31)14-23(22)29-25(32)28-19-9-7-18(26)8-10-19/h2-13,22-23H,14-16H2,1H3,(H2,28,29,32)/t22?,23-/m1/s1. The molecule has 4 rings (SSSR count). The number of carbonyl (C=O) groups is 2. The van der Waals surface area contributed by atoms with Crippen LogP contribution in [-0.4, -0.2) is 41.5 Å². The van der Waals surface area contributed by atoms with Gasteiger partial charge in [-0.3, -0.25) is 9.78 Å². The molecule has 2 heterocycles. The van der Waals surface area contributed by atoms with Crippen molar-refractivity contribution in [1.82, 2.24) is 15.2 Å². The topological polar surface area (TPSA) is 83.6 Å². The summed E-state index contributed by atoms with van der Waals surface area (Å²) in [5, 5.41) is 5.64. The van der Waals surface area contributed by atoms with Crippen molar-refractivity contribution in [3.05, 3.63) is 90.0 Å². The molecule has 170 valence electrons. The molecule has 0 spiro atoms. The molecule has 0 saturated carbocycles. The number of likely N-dealkylation sites (tertiary alicyclic amines) is 1. The van der Waals surface area contributed by atoms with E-state index in [2.05, 4.69) is 15.6 Å². The number of urea groups is 1. The van der Waals surface area contributed by atoms with Gasteiger partial charge < -0.3 is 20.3 Å². The van der Waals surface area contributed by atoms with Crippen molar-refractivity contribution in [2.45, 2.75) is 24.9 Å². The van der Waals surface area contributed by atoms with Crippen LogP contribution in [0.5, 0.6) is 5.75 Å². The fourth-order valence-corrected chi connectivity index (χ4v) is 3.98. The average molecular weight is 448 g/mol. The van der Waals surface area contributed by atoms with Crippen LogP contribution in [0.2, 0.25) is 0 Å². The van der Waals surface area contributed by atoms with Crippen molar-refractivity contribution in [1.29, 1.82) is 0 Å². The summed E-state index contributed by atoms with van der Waals surface area (Å²) in [7, 11) is 1.60. The van der Waals surface area contributed by atoms with Crippen LogP contribution in [0.15, 0.2) is 72.9 Å². The number of methoxy groups -OCH3 is 1. The molecule has 2 aromatic carbocycles. The molecule has 3 aromatic rings. The van der Waals surface area contributed by atoms with E-state index in [9.17, 15) is 14.0 Å². The van der Waals surface area contributed by atoms with Crippen LogP contribution < -0.4 is 15.4 Å². The number of nitrogens with one attached hydrogen (secondary N) is 2. The second-order valence-corrected chi connectivity index (χ2v) is 7.89. The van der Waals surface area contributed by atoms with Gasteiger partial charge >= 0.3 is 6.03 Å². The Hall–Kier alpha value is -3.94. The summed E-state index contributed by atoms with van der Waals surface area (Å²) >= 11 is 0. The van der Waals surface area contributed by atoms with E-state index in [4.69, 9.17) is 4.74 Å². The van der Waals surface area contributed by atoms with Crippen LogP contribution in [0.4, 0.5) is 14.9 Å². The predicted octanol–water partition coefficient (Wildman–Crippen LogP) is 3.94. The van der Waals surface area contributed by atoms with Gasteiger partial charge in [-0.25, -0.2) is 9.18 Å². The molecule has 1 aliphatic heterocycles. The van der Waals surface area contributed by atoms with Gasteiger partial charge in [0, 0.05) is 36.8 Å². The Morgan fingerprint density at radius 3 is 2.55 bits per heavy atom. The van der Waals surface area contributed by atoms with Crippen molar-refractivity contribution in [2.75, 3.05) is 19.0 Å². The third-order valence-corrected chi connectivity index (χ3v) is 5.69. The first kappa shape index (κ1) is 22.3. The number of nitrogens with zero attached hydrogens (tertiary/aromatic N) is 2. The number of ether oxygens (including phenoxy) is 1. The summed E-state index contributed by atoms with van der Waals surface area (Å²) in [5.41, 5.74) is 2.26. The molecular formula is C25H25FN4O3. The summed E-state index contributed by atoms with van der Waals surface area (Å²) in [6.45, 7) is 0.837. The third-order valence-electron chi connectivity index (χ3n) is 5.69. The van der Waals surface area contributed by atoms with Gasteiger partial charge in [0.15, 0.2) is 0 Å². The van der Waals surface area contributed by atoms with Crippen LogP contribution >= 0.6 is 0 Å². The highest BCUT2D eigenvalue weighted by Crippen LogP contribution is 2.30. The second kappa shape index (κ2) is 10.1.